The highest BCUT2D eigenvalue weighted by Gasteiger charge is 2.36. The number of hydrogen-bond donors (Lipinski definition) is 4. The molecular formula is C18H26N6O4S. The van der Waals surface area contributed by atoms with Gasteiger partial charge in [-0.3, -0.25) is 0 Å². The first-order chi connectivity index (χ1) is 14.1. The standard InChI is InChI=1S/C18H26N6O4S/c1-2-8-29-18-20-16(19-9-10-4-3-7-28-10)13-17(21-18)24(23-22-13)11-5-6-12(25)15(27)14(11)26/h5-6,10-12,14-15,25-27H,2-4,7-9H2,1H3,(H,19,20,21)/t10-,11-,12+,14+,15-/m1/s1. The number of fused-ring (bicyclic) bond motifs is 1. The highest BCUT2D eigenvalue weighted by Crippen LogP contribution is 2.29. The number of hydrogen-bond acceptors (Lipinski definition) is 10. The van der Waals surface area contributed by atoms with E-state index in [4.69, 9.17) is 4.74 Å². The summed E-state index contributed by atoms with van der Waals surface area (Å²) in [6.45, 7) is 3.48. The van der Waals surface area contributed by atoms with Gasteiger partial charge in [0.25, 0.3) is 0 Å². The Hall–Kier alpha value is -1.79. The van der Waals surface area contributed by atoms with Crippen molar-refractivity contribution in [2.24, 2.45) is 0 Å². The SMILES string of the molecule is CCCSc1nc(NC[C@H]2CCCO2)c2nnn([C@@H]3C=C[C@H](O)[C@@H](O)[C@H]3O)c2n1. The smallest absolute Gasteiger partial charge is 0.191 e. The average Bonchev–Trinajstić information content (AvgIpc) is 3.39. The summed E-state index contributed by atoms with van der Waals surface area (Å²) < 4.78 is 7.14. The molecule has 0 bridgehead atoms. The lowest BCUT2D eigenvalue weighted by molar-refractivity contribution is -0.0636. The number of rotatable bonds is 7. The highest BCUT2D eigenvalue weighted by atomic mass is 32.2. The molecule has 0 radical (unpaired) electrons. The minimum absolute atomic E-state index is 0.140. The molecule has 0 aromatic carbocycles. The average molecular weight is 423 g/mol. The molecule has 1 saturated heterocycles. The van der Waals surface area contributed by atoms with Gasteiger partial charge in [-0.05, 0) is 19.3 Å². The van der Waals surface area contributed by atoms with Gasteiger partial charge in [-0.15, -0.1) is 5.10 Å². The molecule has 10 nitrogen and oxygen atoms in total. The van der Waals surface area contributed by atoms with E-state index < -0.39 is 24.4 Å². The van der Waals surface area contributed by atoms with Gasteiger partial charge in [-0.25, -0.2) is 14.6 Å². The molecule has 2 aliphatic rings. The Morgan fingerprint density at radius 2 is 2.10 bits per heavy atom. The van der Waals surface area contributed by atoms with Crippen molar-refractivity contribution in [1.82, 2.24) is 25.0 Å². The Morgan fingerprint density at radius 1 is 1.24 bits per heavy atom. The maximum Gasteiger partial charge on any atom is 0.191 e. The van der Waals surface area contributed by atoms with Gasteiger partial charge in [0.05, 0.1) is 6.10 Å². The van der Waals surface area contributed by atoms with Gasteiger partial charge in [-0.1, -0.05) is 36.1 Å². The Balaban J connectivity index is 1.68. The van der Waals surface area contributed by atoms with Gasteiger partial charge in [0.2, 0.25) is 0 Å². The lowest BCUT2D eigenvalue weighted by Crippen LogP contribution is -2.44. The molecule has 0 unspecified atom stereocenters. The van der Waals surface area contributed by atoms with E-state index in [0.717, 1.165) is 31.6 Å². The van der Waals surface area contributed by atoms with Crippen molar-refractivity contribution in [1.29, 1.82) is 0 Å². The Labute approximate surface area is 172 Å². The fourth-order valence-corrected chi connectivity index (χ4v) is 4.19. The number of nitrogens with zero attached hydrogens (tertiary/aromatic N) is 5. The maximum atomic E-state index is 10.4. The predicted octanol–water partition coefficient (Wildman–Crippen LogP) is 0.508. The van der Waals surface area contributed by atoms with Gasteiger partial charge in [0.1, 0.15) is 24.4 Å². The van der Waals surface area contributed by atoms with Gasteiger partial charge in [0.15, 0.2) is 22.1 Å². The molecule has 1 fully saturated rings. The monoisotopic (exact) mass is 422 g/mol. The van der Waals surface area contributed by atoms with Crippen molar-refractivity contribution in [3.8, 4) is 0 Å². The van der Waals surface area contributed by atoms with Gasteiger partial charge >= 0.3 is 0 Å². The lowest BCUT2D eigenvalue weighted by atomic mass is 9.94. The van der Waals surface area contributed by atoms with E-state index in [1.807, 2.05) is 0 Å². The second-order valence-corrected chi connectivity index (χ2v) is 8.33. The molecule has 29 heavy (non-hydrogen) atoms. The molecule has 0 saturated carbocycles. The summed E-state index contributed by atoms with van der Waals surface area (Å²) in [5.74, 6) is 1.44. The van der Waals surface area contributed by atoms with E-state index >= 15 is 0 Å². The van der Waals surface area contributed by atoms with Gasteiger partial charge in [0, 0.05) is 18.9 Å². The number of aliphatic hydroxyl groups is 3. The van der Waals surface area contributed by atoms with E-state index in [9.17, 15) is 15.3 Å². The molecule has 0 amide bonds. The van der Waals surface area contributed by atoms with E-state index in [0.29, 0.717) is 28.7 Å². The molecule has 4 N–H and O–H groups in total. The number of anilines is 1. The molecule has 2 aromatic rings. The molecule has 3 heterocycles. The molecule has 4 rings (SSSR count). The van der Waals surface area contributed by atoms with E-state index in [1.54, 1.807) is 6.08 Å². The van der Waals surface area contributed by atoms with Crippen LogP contribution in [-0.2, 0) is 4.74 Å². The van der Waals surface area contributed by atoms with Crippen LogP contribution in [0.3, 0.4) is 0 Å². The van der Waals surface area contributed by atoms with Crippen molar-refractivity contribution in [2.75, 3.05) is 24.2 Å². The second kappa shape index (κ2) is 8.92. The van der Waals surface area contributed by atoms with Crippen molar-refractivity contribution in [3.05, 3.63) is 12.2 Å². The molecule has 11 heteroatoms. The van der Waals surface area contributed by atoms with Crippen LogP contribution in [-0.4, -0.2) is 83.6 Å². The largest absolute Gasteiger partial charge is 0.388 e. The zero-order chi connectivity index (χ0) is 20.4. The topological polar surface area (TPSA) is 138 Å². The summed E-state index contributed by atoms with van der Waals surface area (Å²) in [6.07, 6.45) is 2.57. The summed E-state index contributed by atoms with van der Waals surface area (Å²) in [5, 5.41) is 42.5. The fourth-order valence-electron chi connectivity index (χ4n) is 3.49. The Morgan fingerprint density at radius 3 is 2.86 bits per heavy atom. The minimum atomic E-state index is -1.31. The number of aromatic nitrogens is 5. The summed E-state index contributed by atoms with van der Waals surface area (Å²) in [6, 6.07) is -0.691. The molecule has 5 atom stereocenters. The number of ether oxygens (including phenoxy) is 1. The van der Waals surface area contributed by atoms with Crippen molar-refractivity contribution in [2.45, 2.75) is 61.8 Å². The van der Waals surface area contributed by atoms with Crippen LogP contribution in [0.5, 0.6) is 0 Å². The maximum absolute atomic E-state index is 10.4. The van der Waals surface area contributed by atoms with Crippen LogP contribution in [0, 0.1) is 0 Å². The van der Waals surface area contributed by atoms with Crippen LogP contribution in [0.2, 0.25) is 0 Å². The first kappa shape index (κ1) is 20.5. The Bertz CT molecular complexity index is 871. The molecular weight excluding hydrogens is 396 g/mol. The lowest BCUT2D eigenvalue weighted by Gasteiger charge is -2.30. The van der Waals surface area contributed by atoms with Crippen molar-refractivity contribution < 1.29 is 20.1 Å². The van der Waals surface area contributed by atoms with Gasteiger partial charge < -0.3 is 25.4 Å². The first-order valence-corrected chi connectivity index (χ1v) is 10.9. The molecule has 0 spiro atoms. The quantitative estimate of drug-likeness (QED) is 0.283. The van der Waals surface area contributed by atoms with E-state index in [1.165, 1.54) is 22.5 Å². The summed E-state index contributed by atoms with van der Waals surface area (Å²) in [7, 11) is 0. The third kappa shape index (κ3) is 4.24. The minimum Gasteiger partial charge on any atom is -0.388 e. The van der Waals surface area contributed by atoms with E-state index in [-0.39, 0.29) is 6.10 Å². The zero-order valence-corrected chi connectivity index (χ0v) is 17.0. The number of thioether (sulfide) groups is 1. The Kier molecular flexibility index (Phi) is 6.30. The molecule has 2 aromatic heterocycles. The van der Waals surface area contributed by atoms with Crippen LogP contribution in [0.4, 0.5) is 5.82 Å². The third-order valence-corrected chi connectivity index (χ3v) is 6.15. The van der Waals surface area contributed by atoms with Crippen molar-refractivity contribution in [3.63, 3.8) is 0 Å². The summed E-state index contributed by atoms with van der Waals surface area (Å²) >= 11 is 1.54. The number of aliphatic hydroxyl groups excluding tert-OH is 3. The van der Waals surface area contributed by atoms with Crippen LogP contribution in [0.25, 0.3) is 11.2 Å². The molecule has 1 aliphatic carbocycles. The summed E-state index contributed by atoms with van der Waals surface area (Å²) in [5.41, 5.74) is 0.954. The zero-order valence-electron chi connectivity index (χ0n) is 16.2. The van der Waals surface area contributed by atoms with Gasteiger partial charge in [-0.2, -0.15) is 0 Å². The summed E-state index contributed by atoms with van der Waals surface area (Å²) in [4.78, 5) is 9.20. The molecule has 158 valence electrons. The second-order valence-electron chi connectivity index (χ2n) is 7.27. The number of nitrogens with one attached hydrogen (secondary N) is 1. The normalized spacial score (nSPS) is 29.6. The fraction of sp³-hybridized carbons (Fsp3) is 0.667. The highest BCUT2D eigenvalue weighted by molar-refractivity contribution is 7.99. The molecule has 1 aliphatic heterocycles. The first-order valence-electron chi connectivity index (χ1n) is 9.92. The van der Waals surface area contributed by atoms with Crippen LogP contribution in [0.1, 0.15) is 32.2 Å². The van der Waals surface area contributed by atoms with Crippen LogP contribution >= 0.6 is 11.8 Å². The van der Waals surface area contributed by atoms with Crippen molar-refractivity contribution >= 4 is 28.7 Å². The predicted molar refractivity (Wildman–Crippen MR) is 108 cm³/mol. The van der Waals surface area contributed by atoms with Crippen LogP contribution < -0.4 is 5.32 Å². The third-order valence-electron chi connectivity index (χ3n) is 5.10. The van der Waals surface area contributed by atoms with Crippen LogP contribution in [0.15, 0.2) is 17.3 Å². The van der Waals surface area contributed by atoms with E-state index in [2.05, 4.69) is 32.5 Å².